The lowest BCUT2D eigenvalue weighted by Gasteiger charge is -2.09. The van der Waals surface area contributed by atoms with E-state index >= 15 is 0 Å². The molecule has 0 bridgehead atoms. The van der Waals surface area contributed by atoms with Crippen molar-refractivity contribution in [3.05, 3.63) is 97.3 Å². The fourth-order valence-electron chi connectivity index (χ4n) is 3.98. The quantitative estimate of drug-likeness (QED) is 0.410. The van der Waals surface area contributed by atoms with Crippen LogP contribution in [0.2, 0.25) is 0 Å². The van der Waals surface area contributed by atoms with Crippen molar-refractivity contribution in [2.75, 3.05) is 0 Å². The first kappa shape index (κ1) is 15.2. The van der Waals surface area contributed by atoms with E-state index in [2.05, 4.69) is 86.6 Å². The van der Waals surface area contributed by atoms with Gasteiger partial charge in [-0.25, -0.2) is 9.97 Å². The summed E-state index contributed by atoms with van der Waals surface area (Å²) in [4.78, 5) is 9.80. The van der Waals surface area contributed by atoms with Gasteiger partial charge in [0.2, 0.25) is 5.78 Å². The van der Waals surface area contributed by atoms with Crippen LogP contribution in [0.1, 0.15) is 0 Å². The smallest absolute Gasteiger partial charge is 0.220 e. The zero-order chi connectivity index (χ0) is 18.5. The number of imidazole rings is 2. The molecule has 3 aromatic heterocycles. The molecule has 0 fully saturated rings. The van der Waals surface area contributed by atoms with Gasteiger partial charge in [-0.2, -0.15) is 0 Å². The Kier molecular flexibility index (Phi) is 3.14. The minimum absolute atomic E-state index is 0.863. The van der Waals surface area contributed by atoms with Crippen molar-refractivity contribution in [3.8, 4) is 22.5 Å². The highest BCUT2D eigenvalue weighted by Gasteiger charge is 2.20. The van der Waals surface area contributed by atoms with Gasteiger partial charge in [0.25, 0.3) is 0 Å². The average molecular weight is 360 g/mol. The molecule has 28 heavy (non-hydrogen) atoms. The topological polar surface area (TPSA) is 34.6 Å². The van der Waals surface area contributed by atoms with Crippen molar-refractivity contribution in [1.82, 2.24) is 18.8 Å². The molecule has 0 aliphatic rings. The molecule has 3 heterocycles. The normalized spacial score (nSPS) is 11.6. The molecule has 6 rings (SSSR count). The van der Waals surface area contributed by atoms with Gasteiger partial charge < -0.3 is 0 Å². The highest BCUT2D eigenvalue weighted by molar-refractivity contribution is 5.97. The number of benzene rings is 3. The third-order valence-electron chi connectivity index (χ3n) is 5.20. The summed E-state index contributed by atoms with van der Waals surface area (Å²) in [6, 6.07) is 29.1. The fraction of sp³-hybridized carbons (Fsp3) is 0. The molecule has 0 atom stereocenters. The zero-order valence-electron chi connectivity index (χ0n) is 15.0. The molecule has 0 unspecified atom stereocenters. The monoisotopic (exact) mass is 360 g/mol. The van der Waals surface area contributed by atoms with Crippen LogP contribution < -0.4 is 0 Å². The molecular formula is C24H16N4. The van der Waals surface area contributed by atoms with Crippen LogP contribution >= 0.6 is 0 Å². The number of nitrogens with zero attached hydrogens (tertiary/aromatic N) is 4. The Labute approximate surface area is 161 Å². The first-order valence-electron chi connectivity index (χ1n) is 9.29. The van der Waals surface area contributed by atoms with Gasteiger partial charge >= 0.3 is 0 Å². The summed E-state index contributed by atoms with van der Waals surface area (Å²) in [6.45, 7) is 0. The summed E-state index contributed by atoms with van der Waals surface area (Å²) < 4.78 is 4.31. The molecular weight excluding hydrogens is 344 g/mol. The van der Waals surface area contributed by atoms with E-state index in [1.807, 2.05) is 24.5 Å². The summed E-state index contributed by atoms with van der Waals surface area (Å²) in [5.74, 6) is 0.863. The summed E-state index contributed by atoms with van der Waals surface area (Å²) in [5.41, 5.74) is 6.27. The maximum atomic E-state index is 5.13. The van der Waals surface area contributed by atoms with Gasteiger partial charge in [0, 0.05) is 28.9 Å². The molecule has 4 nitrogen and oxygen atoms in total. The Morgan fingerprint density at radius 1 is 0.679 bits per heavy atom. The standard InChI is InChI=1S/C24H16N4/c1-3-9-17(10-4-1)21-22(18-11-5-2-6-12-18)28-23(26-21)19-13-7-8-14-20(19)27-16-15-25-24(27)28/h1-16H. The van der Waals surface area contributed by atoms with E-state index in [9.17, 15) is 0 Å². The molecule has 0 saturated heterocycles. The molecule has 0 radical (unpaired) electrons. The Balaban J connectivity index is 1.88. The van der Waals surface area contributed by atoms with Gasteiger partial charge in [-0.1, -0.05) is 72.8 Å². The number of para-hydroxylation sites is 1. The summed E-state index contributed by atoms with van der Waals surface area (Å²) in [7, 11) is 0. The third-order valence-corrected chi connectivity index (χ3v) is 5.20. The van der Waals surface area contributed by atoms with E-state index in [1.54, 1.807) is 0 Å². The van der Waals surface area contributed by atoms with E-state index in [1.165, 1.54) is 0 Å². The second kappa shape index (κ2) is 5.79. The van der Waals surface area contributed by atoms with Crippen molar-refractivity contribution in [2.45, 2.75) is 0 Å². The first-order chi connectivity index (χ1) is 13.9. The molecule has 4 heteroatoms. The van der Waals surface area contributed by atoms with Crippen molar-refractivity contribution in [3.63, 3.8) is 0 Å². The van der Waals surface area contributed by atoms with Crippen LogP contribution in [0.4, 0.5) is 0 Å². The number of fused-ring (bicyclic) bond motifs is 6. The molecule has 0 amide bonds. The molecule has 0 saturated carbocycles. The van der Waals surface area contributed by atoms with Crippen LogP contribution in [0, 0.1) is 0 Å². The average Bonchev–Trinajstić information content (AvgIpc) is 3.40. The van der Waals surface area contributed by atoms with Crippen molar-refractivity contribution in [1.29, 1.82) is 0 Å². The minimum atomic E-state index is 0.863. The van der Waals surface area contributed by atoms with E-state index in [0.29, 0.717) is 0 Å². The summed E-state index contributed by atoms with van der Waals surface area (Å²) in [6.07, 6.45) is 3.85. The molecule has 132 valence electrons. The van der Waals surface area contributed by atoms with E-state index < -0.39 is 0 Å². The van der Waals surface area contributed by atoms with Crippen LogP contribution in [0.25, 0.3) is 44.8 Å². The number of aromatic nitrogens is 4. The zero-order valence-corrected chi connectivity index (χ0v) is 15.0. The van der Waals surface area contributed by atoms with Gasteiger partial charge in [-0.3, -0.25) is 8.80 Å². The lowest BCUT2D eigenvalue weighted by Crippen LogP contribution is -1.99. The largest absolute Gasteiger partial charge is 0.285 e. The van der Waals surface area contributed by atoms with Crippen molar-refractivity contribution < 1.29 is 0 Å². The third kappa shape index (κ3) is 2.06. The van der Waals surface area contributed by atoms with Crippen LogP contribution in [0.15, 0.2) is 97.3 Å². The first-order valence-corrected chi connectivity index (χ1v) is 9.29. The minimum Gasteiger partial charge on any atom is -0.285 e. The Morgan fingerprint density at radius 2 is 1.36 bits per heavy atom. The SMILES string of the molecule is c1ccc(-c2nc3c4ccccc4n4ccnc4n3c2-c2ccccc2)cc1. The highest BCUT2D eigenvalue weighted by Crippen LogP contribution is 2.36. The molecule has 0 spiro atoms. The van der Waals surface area contributed by atoms with Gasteiger partial charge in [0.05, 0.1) is 16.9 Å². The molecule has 6 aromatic rings. The van der Waals surface area contributed by atoms with Crippen LogP contribution in [0.5, 0.6) is 0 Å². The lowest BCUT2D eigenvalue weighted by molar-refractivity contribution is 1.11. The number of hydrogen-bond donors (Lipinski definition) is 0. The van der Waals surface area contributed by atoms with Gasteiger partial charge in [0.15, 0.2) is 0 Å². The molecule has 3 aromatic carbocycles. The number of rotatable bonds is 2. The van der Waals surface area contributed by atoms with Gasteiger partial charge in [-0.05, 0) is 12.1 Å². The van der Waals surface area contributed by atoms with Crippen molar-refractivity contribution in [2.24, 2.45) is 0 Å². The predicted octanol–water partition coefficient (Wildman–Crippen LogP) is 5.47. The lowest BCUT2D eigenvalue weighted by atomic mass is 10.1. The van der Waals surface area contributed by atoms with Crippen molar-refractivity contribution >= 4 is 22.3 Å². The van der Waals surface area contributed by atoms with Crippen LogP contribution in [0.3, 0.4) is 0 Å². The maximum absolute atomic E-state index is 5.13. The highest BCUT2D eigenvalue weighted by atomic mass is 15.2. The fourth-order valence-corrected chi connectivity index (χ4v) is 3.98. The molecule has 0 N–H and O–H groups in total. The summed E-state index contributed by atoms with van der Waals surface area (Å²) in [5, 5.41) is 1.10. The van der Waals surface area contributed by atoms with Gasteiger partial charge in [0.1, 0.15) is 5.65 Å². The van der Waals surface area contributed by atoms with E-state index in [0.717, 1.165) is 44.8 Å². The predicted molar refractivity (Wildman–Crippen MR) is 112 cm³/mol. The molecule has 0 aliphatic heterocycles. The Morgan fingerprint density at radius 3 is 2.14 bits per heavy atom. The van der Waals surface area contributed by atoms with E-state index in [4.69, 9.17) is 4.98 Å². The van der Waals surface area contributed by atoms with Gasteiger partial charge in [-0.15, -0.1) is 0 Å². The Hall–Kier alpha value is -3.92. The molecule has 0 aliphatic carbocycles. The number of hydrogen-bond acceptors (Lipinski definition) is 2. The van der Waals surface area contributed by atoms with Crippen LogP contribution in [-0.2, 0) is 0 Å². The summed E-state index contributed by atoms with van der Waals surface area (Å²) >= 11 is 0. The second-order valence-electron chi connectivity index (χ2n) is 6.81. The van der Waals surface area contributed by atoms with Crippen LogP contribution in [-0.4, -0.2) is 18.8 Å². The maximum Gasteiger partial charge on any atom is 0.220 e. The Bertz CT molecular complexity index is 1440. The van der Waals surface area contributed by atoms with E-state index in [-0.39, 0.29) is 0 Å². The second-order valence-corrected chi connectivity index (χ2v) is 6.81.